The van der Waals surface area contributed by atoms with Crippen LogP contribution in [0.4, 0.5) is 0 Å². The Labute approximate surface area is 141 Å². The predicted octanol–water partition coefficient (Wildman–Crippen LogP) is 2.70. The number of hydrogen-bond donors (Lipinski definition) is 0. The molecule has 0 saturated carbocycles. The number of allylic oxidation sites excluding steroid dienone is 2. The summed E-state index contributed by atoms with van der Waals surface area (Å²) in [7, 11) is 0. The maximum absolute atomic E-state index is 12.6. The summed E-state index contributed by atoms with van der Waals surface area (Å²) in [6, 6.07) is 5.82. The highest BCUT2D eigenvalue weighted by Crippen LogP contribution is 2.35. The number of carbonyl (C=O) groups is 3. The van der Waals surface area contributed by atoms with Crippen molar-refractivity contribution in [3.8, 4) is 0 Å². The van der Waals surface area contributed by atoms with Crippen LogP contribution in [0, 0.1) is 11.8 Å². The molecule has 1 aromatic rings. The van der Waals surface area contributed by atoms with E-state index in [9.17, 15) is 14.4 Å². The first-order valence-corrected chi connectivity index (χ1v) is 8.80. The molecule has 3 aliphatic rings. The van der Waals surface area contributed by atoms with E-state index in [0.717, 1.165) is 19.3 Å². The maximum Gasteiger partial charge on any atom is 0.233 e. The van der Waals surface area contributed by atoms with Crippen molar-refractivity contribution in [3.63, 3.8) is 0 Å². The molecule has 0 N–H and O–H groups in total. The van der Waals surface area contributed by atoms with E-state index in [1.807, 2.05) is 30.4 Å². The van der Waals surface area contributed by atoms with Gasteiger partial charge in [0.15, 0.2) is 5.78 Å². The third kappa shape index (κ3) is 2.50. The zero-order valence-corrected chi connectivity index (χ0v) is 13.7. The molecule has 4 rings (SSSR count). The molecule has 0 aromatic heterocycles. The molecule has 0 spiro atoms. The van der Waals surface area contributed by atoms with Crippen LogP contribution in [-0.2, 0) is 22.4 Å². The summed E-state index contributed by atoms with van der Waals surface area (Å²) in [5.41, 5.74) is 3.18. The van der Waals surface area contributed by atoms with Crippen molar-refractivity contribution in [2.75, 3.05) is 6.54 Å². The van der Waals surface area contributed by atoms with Crippen molar-refractivity contribution in [1.29, 1.82) is 0 Å². The van der Waals surface area contributed by atoms with E-state index in [1.54, 1.807) is 0 Å². The molecule has 0 bridgehead atoms. The smallest absolute Gasteiger partial charge is 0.233 e. The van der Waals surface area contributed by atoms with E-state index in [2.05, 4.69) is 0 Å². The molecule has 4 heteroatoms. The third-order valence-electron chi connectivity index (χ3n) is 5.57. The number of rotatable bonds is 3. The topological polar surface area (TPSA) is 54.5 Å². The van der Waals surface area contributed by atoms with Crippen LogP contribution in [0.3, 0.4) is 0 Å². The van der Waals surface area contributed by atoms with Crippen molar-refractivity contribution in [2.24, 2.45) is 11.8 Å². The lowest BCUT2D eigenvalue weighted by atomic mass is 9.85. The Morgan fingerprint density at radius 3 is 2.25 bits per heavy atom. The Balaban J connectivity index is 1.52. The molecule has 2 atom stereocenters. The van der Waals surface area contributed by atoms with Crippen molar-refractivity contribution in [3.05, 3.63) is 47.0 Å². The number of likely N-dealkylation sites (tertiary alicyclic amines) is 1. The fourth-order valence-corrected chi connectivity index (χ4v) is 4.17. The maximum atomic E-state index is 12.6. The average Bonchev–Trinajstić information content (AvgIpc) is 2.86. The minimum absolute atomic E-state index is 0.122. The molecule has 1 aromatic carbocycles. The Bertz CT molecular complexity index is 723. The Kier molecular flexibility index (Phi) is 3.83. The van der Waals surface area contributed by atoms with Crippen LogP contribution in [0.15, 0.2) is 30.4 Å². The quantitative estimate of drug-likeness (QED) is 0.488. The second-order valence-electron chi connectivity index (χ2n) is 7.03. The molecule has 124 valence electrons. The number of carbonyl (C=O) groups excluding carboxylic acids is 3. The molecule has 4 nitrogen and oxygen atoms in total. The highest BCUT2D eigenvalue weighted by atomic mass is 16.2. The summed E-state index contributed by atoms with van der Waals surface area (Å²) >= 11 is 0. The second-order valence-corrected chi connectivity index (χ2v) is 7.03. The Morgan fingerprint density at radius 1 is 0.958 bits per heavy atom. The van der Waals surface area contributed by atoms with Gasteiger partial charge in [-0.3, -0.25) is 19.3 Å². The fraction of sp³-hybridized carbons (Fsp3) is 0.450. The minimum atomic E-state index is -0.265. The number of Topliss-reactive ketones (excluding diaryl/α,β-unsaturated/α-hetero) is 1. The summed E-state index contributed by atoms with van der Waals surface area (Å²) in [5, 5.41) is 0. The summed E-state index contributed by atoms with van der Waals surface area (Å²) in [6.07, 6.45) is 9.58. The summed E-state index contributed by atoms with van der Waals surface area (Å²) in [6.45, 7) is -0.122. The van der Waals surface area contributed by atoms with Gasteiger partial charge < -0.3 is 0 Å². The summed E-state index contributed by atoms with van der Waals surface area (Å²) < 4.78 is 0. The van der Waals surface area contributed by atoms with Gasteiger partial charge in [0.2, 0.25) is 11.8 Å². The first-order chi connectivity index (χ1) is 11.6. The van der Waals surface area contributed by atoms with Gasteiger partial charge >= 0.3 is 0 Å². The lowest BCUT2D eigenvalue weighted by Gasteiger charge is -2.17. The number of imide groups is 1. The zero-order chi connectivity index (χ0) is 16.7. The minimum Gasteiger partial charge on any atom is -0.292 e. The molecule has 1 heterocycles. The molecular formula is C20H21NO3. The second kappa shape index (κ2) is 6.00. The van der Waals surface area contributed by atoms with Gasteiger partial charge in [0, 0.05) is 5.56 Å². The fourth-order valence-electron chi connectivity index (χ4n) is 4.17. The lowest BCUT2D eigenvalue weighted by molar-refractivity contribution is -0.139. The summed E-state index contributed by atoms with van der Waals surface area (Å²) in [5.74, 6) is -1.03. The molecule has 1 saturated heterocycles. The Hall–Kier alpha value is -2.23. The van der Waals surface area contributed by atoms with Gasteiger partial charge in [-0.2, -0.15) is 0 Å². The van der Waals surface area contributed by atoms with Crippen molar-refractivity contribution in [2.45, 2.75) is 38.5 Å². The average molecular weight is 323 g/mol. The first kappa shape index (κ1) is 15.3. The monoisotopic (exact) mass is 323 g/mol. The standard InChI is InChI=1S/C20H21NO3/c22-18(15-10-9-13-5-1-2-6-14(13)11-15)12-21-19(23)16-7-3-4-8-17(16)20(21)24/h3-4,9-11,16-17H,1-2,5-8,12H2. The van der Waals surface area contributed by atoms with E-state index in [-0.39, 0.29) is 36.0 Å². The Morgan fingerprint density at radius 2 is 1.58 bits per heavy atom. The van der Waals surface area contributed by atoms with Crippen molar-refractivity contribution < 1.29 is 14.4 Å². The van der Waals surface area contributed by atoms with Crippen LogP contribution >= 0.6 is 0 Å². The van der Waals surface area contributed by atoms with Gasteiger partial charge in [-0.25, -0.2) is 0 Å². The number of ketones is 1. The highest BCUT2D eigenvalue weighted by molar-refractivity contribution is 6.10. The molecule has 24 heavy (non-hydrogen) atoms. The van der Waals surface area contributed by atoms with Crippen LogP contribution in [0.2, 0.25) is 0 Å². The van der Waals surface area contributed by atoms with Crippen LogP contribution < -0.4 is 0 Å². The van der Waals surface area contributed by atoms with Crippen LogP contribution in [0.5, 0.6) is 0 Å². The van der Waals surface area contributed by atoms with Crippen LogP contribution in [-0.4, -0.2) is 29.0 Å². The van der Waals surface area contributed by atoms with Crippen molar-refractivity contribution >= 4 is 17.6 Å². The number of fused-ring (bicyclic) bond motifs is 2. The molecule has 2 unspecified atom stereocenters. The molecule has 0 radical (unpaired) electrons. The van der Waals surface area contributed by atoms with E-state index in [4.69, 9.17) is 0 Å². The largest absolute Gasteiger partial charge is 0.292 e. The number of benzene rings is 1. The molecule has 2 amide bonds. The van der Waals surface area contributed by atoms with Crippen LogP contribution in [0.25, 0.3) is 0 Å². The van der Waals surface area contributed by atoms with Gasteiger partial charge in [0.1, 0.15) is 0 Å². The predicted molar refractivity (Wildman–Crippen MR) is 89.5 cm³/mol. The lowest BCUT2D eigenvalue weighted by Crippen LogP contribution is -2.36. The number of hydrogen-bond acceptors (Lipinski definition) is 3. The van der Waals surface area contributed by atoms with E-state index in [0.29, 0.717) is 18.4 Å². The normalized spacial score (nSPS) is 25.6. The van der Waals surface area contributed by atoms with E-state index in [1.165, 1.54) is 22.4 Å². The van der Waals surface area contributed by atoms with E-state index >= 15 is 0 Å². The number of aryl methyl sites for hydroxylation is 2. The number of amides is 2. The molecule has 1 fully saturated rings. The highest BCUT2D eigenvalue weighted by Gasteiger charge is 2.47. The third-order valence-corrected chi connectivity index (χ3v) is 5.57. The van der Waals surface area contributed by atoms with Crippen molar-refractivity contribution in [1.82, 2.24) is 4.90 Å². The SMILES string of the molecule is O=C(CN1C(=O)C2CC=CCC2C1=O)c1ccc2c(c1)CCCC2. The van der Waals surface area contributed by atoms with Gasteiger partial charge in [-0.15, -0.1) is 0 Å². The molecule has 1 aliphatic heterocycles. The zero-order valence-electron chi connectivity index (χ0n) is 13.7. The van der Waals surface area contributed by atoms with Gasteiger partial charge in [-0.1, -0.05) is 24.3 Å². The summed E-state index contributed by atoms with van der Waals surface area (Å²) in [4.78, 5) is 38.7. The first-order valence-electron chi connectivity index (χ1n) is 8.80. The van der Waals surface area contributed by atoms with Gasteiger partial charge in [0.05, 0.1) is 18.4 Å². The molecule has 2 aliphatic carbocycles. The number of nitrogens with zero attached hydrogens (tertiary/aromatic N) is 1. The molecular weight excluding hydrogens is 302 g/mol. The van der Waals surface area contributed by atoms with Gasteiger partial charge in [-0.05, 0) is 55.7 Å². The van der Waals surface area contributed by atoms with E-state index < -0.39 is 0 Å². The van der Waals surface area contributed by atoms with Crippen LogP contribution in [0.1, 0.15) is 47.2 Å². The van der Waals surface area contributed by atoms with Gasteiger partial charge in [0.25, 0.3) is 0 Å².